The number of carbonyl (C=O) groups is 1. The number of halogens is 1. The van der Waals surface area contributed by atoms with Gasteiger partial charge in [0.1, 0.15) is 23.8 Å². The van der Waals surface area contributed by atoms with E-state index in [1.807, 2.05) is 65.9 Å². The zero-order valence-corrected chi connectivity index (χ0v) is 18.4. The van der Waals surface area contributed by atoms with Crippen LogP contribution >= 0.6 is 15.9 Å². The molecule has 0 amide bonds. The van der Waals surface area contributed by atoms with Gasteiger partial charge in [-0.2, -0.15) is 5.10 Å². The van der Waals surface area contributed by atoms with Gasteiger partial charge in [-0.3, -0.25) is 9.20 Å². The highest BCUT2D eigenvalue weighted by atomic mass is 79.9. The summed E-state index contributed by atoms with van der Waals surface area (Å²) in [5, 5.41) is 13.5. The molecule has 5 rings (SSSR count). The number of fused-ring (bicyclic) bond motifs is 3. The molecule has 0 bridgehead atoms. The van der Waals surface area contributed by atoms with Crippen LogP contribution in [0.15, 0.2) is 59.1 Å². The summed E-state index contributed by atoms with van der Waals surface area (Å²) in [6, 6.07) is 17.5. The number of benzene rings is 2. The summed E-state index contributed by atoms with van der Waals surface area (Å²) in [5.41, 5.74) is 5.04. The fourth-order valence-corrected chi connectivity index (χ4v) is 4.09. The molecule has 3 heterocycles. The number of rotatable bonds is 4. The molecule has 9 heteroatoms. The minimum Gasteiger partial charge on any atom is -0.459 e. The van der Waals surface area contributed by atoms with Gasteiger partial charge in [0, 0.05) is 6.92 Å². The minimum absolute atomic E-state index is 0.0629. The van der Waals surface area contributed by atoms with Crippen molar-refractivity contribution in [3.8, 4) is 17.1 Å². The predicted octanol–water partition coefficient (Wildman–Crippen LogP) is 4.26. The van der Waals surface area contributed by atoms with Gasteiger partial charge in [0.05, 0.1) is 26.9 Å². The molecule has 0 N–H and O–H groups in total. The van der Waals surface area contributed by atoms with Crippen molar-refractivity contribution >= 4 is 38.6 Å². The quantitative estimate of drug-likeness (QED) is 0.360. The van der Waals surface area contributed by atoms with E-state index in [0.717, 1.165) is 22.5 Å². The highest BCUT2D eigenvalue weighted by Gasteiger charge is 2.24. The Bertz CT molecular complexity index is 1440. The van der Waals surface area contributed by atoms with Gasteiger partial charge in [-0.15, -0.1) is 10.2 Å². The first-order valence-corrected chi connectivity index (χ1v) is 10.4. The zero-order valence-electron chi connectivity index (χ0n) is 16.8. The van der Waals surface area contributed by atoms with Crippen molar-refractivity contribution in [3.05, 3.63) is 70.6 Å². The summed E-state index contributed by atoms with van der Waals surface area (Å²) in [6.45, 7) is 3.35. The van der Waals surface area contributed by atoms with Gasteiger partial charge in [-0.1, -0.05) is 30.3 Å². The van der Waals surface area contributed by atoms with Crippen LogP contribution < -0.4 is 0 Å². The third-order valence-corrected chi connectivity index (χ3v) is 5.78. The van der Waals surface area contributed by atoms with E-state index in [-0.39, 0.29) is 12.6 Å². The second-order valence-corrected chi connectivity index (χ2v) is 7.79. The fraction of sp³-hybridized carbons (Fsp3) is 0.136. The first kappa shape index (κ1) is 19.4. The van der Waals surface area contributed by atoms with E-state index in [1.54, 1.807) is 4.68 Å². The summed E-state index contributed by atoms with van der Waals surface area (Å²) < 4.78 is 9.70. The molecule has 0 spiro atoms. The molecule has 5 aromatic rings. The number of ether oxygens (including phenoxy) is 1. The van der Waals surface area contributed by atoms with E-state index in [0.29, 0.717) is 27.2 Å². The maximum absolute atomic E-state index is 11.5. The Kier molecular flexibility index (Phi) is 4.74. The zero-order chi connectivity index (χ0) is 21.5. The van der Waals surface area contributed by atoms with E-state index in [4.69, 9.17) is 14.8 Å². The predicted molar refractivity (Wildman–Crippen MR) is 119 cm³/mol. The highest BCUT2D eigenvalue weighted by molar-refractivity contribution is 9.10. The lowest BCUT2D eigenvalue weighted by Gasteiger charge is -2.07. The molecular weight excluding hydrogens is 460 g/mol. The van der Waals surface area contributed by atoms with E-state index in [2.05, 4.69) is 26.1 Å². The largest absolute Gasteiger partial charge is 0.459 e. The molecule has 0 aliphatic rings. The SMILES string of the molecule is CC(=O)OCc1c(Br)c(-c2nc3ccccc3n3c(C)nnc23)nn1-c1ccccc1. The van der Waals surface area contributed by atoms with Crippen LogP contribution in [-0.4, -0.2) is 35.3 Å². The molecule has 31 heavy (non-hydrogen) atoms. The summed E-state index contributed by atoms with van der Waals surface area (Å²) in [6.07, 6.45) is 0. The number of nitrogens with zero attached hydrogens (tertiary/aromatic N) is 6. The first-order valence-electron chi connectivity index (χ1n) is 9.61. The molecule has 154 valence electrons. The van der Waals surface area contributed by atoms with Crippen molar-refractivity contribution in [2.75, 3.05) is 0 Å². The molecule has 0 saturated heterocycles. The van der Waals surface area contributed by atoms with Gasteiger partial charge in [-0.25, -0.2) is 9.67 Å². The molecule has 0 radical (unpaired) electrons. The lowest BCUT2D eigenvalue weighted by molar-refractivity contribution is -0.142. The number of hydrogen-bond donors (Lipinski definition) is 0. The molecule has 0 saturated carbocycles. The molecule has 0 aliphatic carbocycles. The van der Waals surface area contributed by atoms with E-state index in [9.17, 15) is 4.79 Å². The van der Waals surface area contributed by atoms with Crippen LogP contribution in [-0.2, 0) is 16.1 Å². The average molecular weight is 477 g/mol. The van der Waals surface area contributed by atoms with E-state index in [1.165, 1.54) is 6.92 Å². The van der Waals surface area contributed by atoms with Gasteiger partial charge in [-0.05, 0) is 47.1 Å². The Balaban J connectivity index is 1.79. The normalized spacial score (nSPS) is 11.3. The summed E-state index contributed by atoms with van der Waals surface area (Å²) in [4.78, 5) is 16.3. The third-order valence-electron chi connectivity index (χ3n) is 4.95. The molecule has 0 atom stereocenters. The van der Waals surface area contributed by atoms with Crippen LogP contribution in [0.3, 0.4) is 0 Å². The standard InChI is InChI=1S/C22H17BrN6O2/c1-13-25-26-22-21(24-16-10-6-7-11-17(16)28(13)22)20-19(23)18(12-31-14(2)30)29(27-20)15-8-4-3-5-9-15/h3-11H,12H2,1-2H3. The number of carbonyl (C=O) groups excluding carboxylic acids is 1. The lowest BCUT2D eigenvalue weighted by atomic mass is 10.2. The Hall–Kier alpha value is -3.59. The van der Waals surface area contributed by atoms with Crippen LogP contribution in [0.4, 0.5) is 0 Å². The molecular formula is C22H17BrN6O2. The Labute approximate surface area is 185 Å². The smallest absolute Gasteiger partial charge is 0.303 e. The Morgan fingerprint density at radius 3 is 2.55 bits per heavy atom. The van der Waals surface area contributed by atoms with Gasteiger partial charge in [0.2, 0.25) is 0 Å². The summed E-state index contributed by atoms with van der Waals surface area (Å²) in [5.74, 6) is 0.391. The lowest BCUT2D eigenvalue weighted by Crippen LogP contribution is -2.06. The second-order valence-electron chi connectivity index (χ2n) is 6.99. The third kappa shape index (κ3) is 3.27. The summed E-state index contributed by atoms with van der Waals surface area (Å²) >= 11 is 3.67. The molecule has 0 fully saturated rings. The molecule has 3 aromatic heterocycles. The number of hydrogen-bond acceptors (Lipinski definition) is 6. The number of aryl methyl sites for hydroxylation is 1. The Morgan fingerprint density at radius 1 is 1.03 bits per heavy atom. The fourth-order valence-electron chi connectivity index (χ4n) is 3.54. The van der Waals surface area contributed by atoms with E-state index >= 15 is 0 Å². The molecule has 0 unspecified atom stereocenters. The Morgan fingerprint density at radius 2 is 1.77 bits per heavy atom. The van der Waals surface area contributed by atoms with Crippen molar-refractivity contribution in [2.24, 2.45) is 0 Å². The topological polar surface area (TPSA) is 87.2 Å². The minimum atomic E-state index is -0.367. The van der Waals surface area contributed by atoms with Crippen LogP contribution in [0.1, 0.15) is 18.4 Å². The number of esters is 1. The van der Waals surface area contributed by atoms with Gasteiger partial charge < -0.3 is 4.74 Å². The molecule has 2 aromatic carbocycles. The van der Waals surface area contributed by atoms with Crippen molar-refractivity contribution in [1.29, 1.82) is 0 Å². The number of para-hydroxylation sites is 3. The van der Waals surface area contributed by atoms with Crippen LogP contribution in [0, 0.1) is 6.92 Å². The van der Waals surface area contributed by atoms with Crippen molar-refractivity contribution < 1.29 is 9.53 Å². The maximum atomic E-state index is 11.5. The highest BCUT2D eigenvalue weighted by Crippen LogP contribution is 2.34. The molecule has 8 nitrogen and oxygen atoms in total. The van der Waals surface area contributed by atoms with Gasteiger partial charge in [0.15, 0.2) is 5.65 Å². The van der Waals surface area contributed by atoms with Gasteiger partial charge >= 0.3 is 5.97 Å². The van der Waals surface area contributed by atoms with Crippen LogP contribution in [0.25, 0.3) is 33.8 Å². The molecule has 0 aliphatic heterocycles. The van der Waals surface area contributed by atoms with Gasteiger partial charge in [0.25, 0.3) is 0 Å². The van der Waals surface area contributed by atoms with Crippen LogP contribution in [0.5, 0.6) is 0 Å². The monoisotopic (exact) mass is 476 g/mol. The van der Waals surface area contributed by atoms with Crippen LogP contribution in [0.2, 0.25) is 0 Å². The maximum Gasteiger partial charge on any atom is 0.303 e. The first-order chi connectivity index (χ1) is 15.0. The number of aromatic nitrogens is 6. The van der Waals surface area contributed by atoms with E-state index < -0.39 is 0 Å². The summed E-state index contributed by atoms with van der Waals surface area (Å²) in [7, 11) is 0. The average Bonchev–Trinajstić information content (AvgIpc) is 3.33. The van der Waals surface area contributed by atoms with Crippen molar-refractivity contribution in [3.63, 3.8) is 0 Å². The van der Waals surface area contributed by atoms with Crippen molar-refractivity contribution in [2.45, 2.75) is 20.5 Å². The second kappa shape index (κ2) is 7.59. The van der Waals surface area contributed by atoms with Crippen molar-refractivity contribution in [1.82, 2.24) is 29.4 Å².